The SMILES string of the molecule is C.CC(C)(C)OC(=O)NCC(=O)O.CCCCCCCCC(CCCCCCCC)OC(=O)CNC(=O)OC(C)(C)C.CCCCCCCCC(O)CCCCCCCC. The van der Waals surface area contributed by atoms with Crippen LogP contribution in [-0.4, -0.2) is 70.8 Å². The van der Waals surface area contributed by atoms with Crippen molar-refractivity contribution < 1.29 is 43.6 Å². The summed E-state index contributed by atoms with van der Waals surface area (Å²) in [4.78, 5) is 44.6. The first-order chi connectivity index (χ1) is 27.9. The van der Waals surface area contributed by atoms with Crippen molar-refractivity contribution in [3.8, 4) is 0 Å². The lowest BCUT2D eigenvalue weighted by Crippen LogP contribution is -2.37. The van der Waals surface area contributed by atoms with Crippen molar-refractivity contribution in [1.29, 1.82) is 0 Å². The van der Waals surface area contributed by atoms with Crippen LogP contribution in [-0.2, 0) is 23.8 Å². The number of aliphatic hydroxyl groups excluding tert-OH is 1. The van der Waals surface area contributed by atoms with Crippen molar-refractivity contribution in [3.63, 3.8) is 0 Å². The Kier molecular flexibility index (Phi) is 47.5. The molecule has 0 aliphatic heterocycles. The molecule has 11 heteroatoms. The van der Waals surface area contributed by atoms with Gasteiger partial charge in [0, 0.05) is 0 Å². The normalized spacial score (nSPS) is 11.1. The summed E-state index contributed by atoms with van der Waals surface area (Å²) < 4.78 is 15.6. The summed E-state index contributed by atoms with van der Waals surface area (Å²) in [5.41, 5.74) is -1.17. The van der Waals surface area contributed by atoms with Crippen molar-refractivity contribution >= 4 is 24.1 Å². The van der Waals surface area contributed by atoms with Crippen LogP contribution < -0.4 is 10.6 Å². The molecule has 60 heavy (non-hydrogen) atoms. The predicted molar refractivity (Wildman–Crippen MR) is 251 cm³/mol. The summed E-state index contributed by atoms with van der Waals surface area (Å²) in [5, 5.41) is 22.6. The molecule has 0 atom stereocenters. The number of aliphatic hydroxyl groups is 1. The molecule has 0 unspecified atom stereocenters. The highest BCUT2D eigenvalue weighted by Crippen LogP contribution is 2.18. The fraction of sp³-hybridized carbons (Fsp3) is 0.918. The van der Waals surface area contributed by atoms with E-state index < -0.39 is 35.9 Å². The van der Waals surface area contributed by atoms with E-state index in [-0.39, 0.29) is 32.1 Å². The molecule has 0 saturated carbocycles. The molecule has 0 heterocycles. The molecule has 0 aliphatic rings. The van der Waals surface area contributed by atoms with Crippen molar-refractivity contribution in [1.82, 2.24) is 10.6 Å². The van der Waals surface area contributed by atoms with Crippen LogP contribution in [0.25, 0.3) is 0 Å². The number of alkyl carbamates (subject to hydrolysis) is 2. The average molecular weight is 861 g/mol. The molecule has 2 amide bonds. The highest BCUT2D eigenvalue weighted by Gasteiger charge is 2.19. The molecule has 0 bridgehead atoms. The van der Waals surface area contributed by atoms with E-state index in [1.165, 1.54) is 141 Å². The predicted octanol–water partition coefficient (Wildman–Crippen LogP) is 14.0. The number of unbranched alkanes of at least 4 members (excludes halogenated alkanes) is 20. The number of nitrogens with one attached hydrogen (secondary N) is 2. The van der Waals surface area contributed by atoms with Gasteiger partial charge in [-0.2, -0.15) is 0 Å². The minimum absolute atomic E-state index is 0. The highest BCUT2D eigenvalue weighted by molar-refractivity contribution is 5.78. The standard InChI is InChI=1S/C24H47NO4.C17H36O.C7H13NO4.CH4/c1-6-8-10-12-14-16-18-21(19-17-15-13-11-9-7-2)28-22(26)20-25-23(27)29-24(3,4)5;1-3-5-7-9-11-13-15-17(18)16-14-12-10-8-6-4-2;1-7(2,3)12-6(11)8-4-5(9)10;/h21H,6-20H2,1-5H3,(H,25,27);17-18H,3-16H2,1-2H3;4H2,1-3H3,(H,8,11)(H,9,10);1H4. The van der Waals surface area contributed by atoms with Gasteiger partial charge < -0.3 is 35.1 Å². The van der Waals surface area contributed by atoms with Crippen LogP contribution in [0.1, 0.15) is 256 Å². The quantitative estimate of drug-likeness (QED) is 0.0286. The third kappa shape index (κ3) is 57.5. The van der Waals surface area contributed by atoms with Gasteiger partial charge in [-0.25, -0.2) is 9.59 Å². The lowest BCUT2D eigenvalue weighted by molar-refractivity contribution is -0.148. The molecule has 0 radical (unpaired) electrons. The van der Waals surface area contributed by atoms with E-state index in [9.17, 15) is 24.3 Å². The van der Waals surface area contributed by atoms with E-state index in [1.807, 2.05) is 0 Å². The molecule has 11 nitrogen and oxygen atoms in total. The second kappa shape index (κ2) is 44.5. The van der Waals surface area contributed by atoms with E-state index >= 15 is 0 Å². The second-order valence-electron chi connectivity index (χ2n) is 18.1. The Hall–Kier alpha value is -2.56. The molecule has 0 saturated heterocycles. The van der Waals surface area contributed by atoms with Gasteiger partial charge in [0.15, 0.2) is 0 Å². The molecular formula is C49H100N2O9. The Morgan fingerprint density at radius 3 is 1.05 bits per heavy atom. The number of rotatable bonds is 33. The zero-order valence-corrected chi connectivity index (χ0v) is 40.1. The number of hydrogen-bond acceptors (Lipinski definition) is 8. The zero-order valence-electron chi connectivity index (χ0n) is 40.1. The van der Waals surface area contributed by atoms with Crippen LogP contribution in [0.2, 0.25) is 0 Å². The molecular weight excluding hydrogens is 761 g/mol. The van der Waals surface area contributed by atoms with Crippen molar-refractivity contribution in [2.45, 2.75) is 280 Å². The summed E-state index contributed by atoms with van der Waals surface area (Å²) >= 11 is 0. The number of amides is 2. The van der Waals surface area contributed by atoms with Gasteiger partial charge in [-0.05, 0) is 80.1 Å². The number of esters is 1. The number of aliphatic carboxylic acids is 1. The van der Waals surface area contributed by atoms with Crippen LogP contribution in [0, 0.1) is 0 Å². The first kappa shape index (κ1) is 64.1. The van der Waals surface area contributed by atoms with E-state index in [0.717, 1.165) is 38.5 Å². The Balaban J connectivity index is -0.000000430. The lowest BCUT2D eigenvalue weighted by Gasteiger charge is -2.21. The Labute approximate surface area is 370 Å². The van der Waals surface area contributed by atoms with Gasteiger partial charge in [0.05, 0.1) is 6.10 Å². The summed E-state index contributed by atoms with van der Waals surface area (Å²) in [6.07, 6.45) is 33.2. The minimum Gasteiger partial charge on any atom is -0.480 e. The number of carboxylic acids is 1. The number of carbonyl (C=O) groups excluding carboxylic acids is 3. The lowest BCUT2D eigenvalue weighted by atomic mass is 10.0. The summed E-state index contributed by atoms with van der Waals surface area (Å²) in [5.74, 6) is -1.47. The summed E-state index contributed by atoms with van der Waals surface area (Å²) in [6.45, 7) is 18.9. The maximum Gasteiger partial charge on any atom is 0.408 e. The topological polar surface area (TPSA) is 160 Å². The monoisotopic (exact) mass is 861 g/mol. The first-order valence-electron chi connectivity index (χ1n) is 23.9. The fourth-order valence-electron chi connectivity index (χ4n) is 6.18. The zero-order chi connectivity index (χ0) is 45.2. The van der Waals surface area contributed by atoms with Gasteiger partial charge in [0.1, 0.15) is 30.4 Å². The Morgan fingerprint density at radius 1 is 0.467 bits per heavy atom. The average Bonchev–Trinajstić information content (AvgIpc) is 3.14. The first-order valence-corrected chi connectivity index (χ1v) is 23.9. The second-order valence-corrected chi connectivity index (χ2v) is 18.1. The van der Waals surface area contributed by atoms with Crippen LogP contribution in [0.4, 0.5) is 9.59 Å². The molecule has 0 fully saturated rings. The summed E-state index contributed by atoms with van der Waals surface area (Å²) in [6, 6.07) is 0. The molecule has 0 aliphatic carbocycles. The molecule has 4 N–H and O–H groups in total. The molecule has 0 spiro atoms. The van der Waals surface area contributed by atoms with Crippen molar-refractivity contribution in [3.05, 3.63) is 0 Å². The molecule has 0 aromatic heterocycles. The Bertz CT molecular complexity index is 947. The number of ether oxygens (including phenoxy) is 3. The van der Waals surface area contributed by atoms with E-state index in [1.54, 1.807) is 41.5 Å². The van der Waals surface area contributed by atoms with Gasteiger partial charge in [0.2, 0.25) is 0 Å². The van der Waals surface area contributed by atoms with Crippen LogP contribution in [0.3, 0.4) is 0 Å². The van der Waals surface area contributed by atoms with Gasteiger partial charge >= 0.3 is 24.1 Å². The maximum absolute atomic E-state index is 12.2. The van der Waals surface area contributed by atoms with E-state index in [0.29, 0.717) is 0 Å². The van der Waals surface area contributed by atoms with Crippen LogP contribution >= 0.6 is 0 Å². The number of carboxylic acid groups (broad SMARTS) is 1. The van der Waals surface area contributed by atoms with Gasteiger partial charge in [-0.3, -0.25) is 9.59 Å². The molecule has 0 rings (SSSR count). The van der Waals surface area contributed by atoms with E-state index in [4.69, 9.17) is 19.3 Å². The molecule has 0 aromatic rings. The number of carbonyl (C=O) groups is 4. The van der Waals surface area contributed by atoms with Crippen LogP contribution in [0.15, 0.2) is 0 Å². The Morgan fingerprint density at radius 2 is 0.750 bits per heavy atom. The summed E-state index contributed by atoms with van der Waals surface area (Å²) in [7, 11) is 0. The van der Waals surface area contributed by atoms with E-state index in [2.05, 4.69) is 38.3 Å². The molecule has 0 aromatic carbocycles. The smallest absolute Gasteiger partial charge is 0.408 e. The van der Waals surface area contributed by atoms with Crippen LogP contribution in [0.5, 0.6) is 0 Å². The maximum atomic E-state index is 12.2. The largest absolute Gasteiger partial charge is 0.480 e. The van der Waals surface area contributed by atoms with Crippen molar-refractivity contribution in [2.75, 3.05) is 13.1 Å². The third-order valence-electron chi connectivity index (χ3n) is 9.40. The van der Waals surface area contributed by atoms with Gasteiger partial charge in [-0.1, -0.05) is 176 Å². The van der Waals surface area contributed by atoms with Crippen molar-refractivity contribution in [2.24, 2.45) is 0 Å². The third-order valence-corrected chi connectivity index (χ3v) is 9.40. The van der Waals surface area contributed by atoms with Gasteiger partial charge in [-0.15, -0.1) is 0 Å². The minimum atomic E-state index is -1.10. The fourth-order valence-corrected chi connectivity index (χ4v) is 6.18. The van der Waals surface area contributed by atoms with Gasteiger partial charge in [0.25, 0.3) is 0 Å². The number of hydrogen-bond donors (Lipinski definition) is 4. The molecule has 360 valence electrons. The highest BCUT2D eigenvalue weighted by atomic mass is 16.6.